The van der Waals surface area contributed by atoms with Gasteiger partial charge in [-0.2, -0.15) is 0 Å². The highest BCUT2D eigenvalue weighted by Gasteiger charge is 2.21. The van der Waals surface area contributed by atoms with Crippen LogP contribution in [0.2, 0.25) is 0 Å². The van der Waals surface area contributed by atoms with E-state index < -0.39 is 32.5 Å². The first kappa shape index (κ1) is 66.7. The van der Waals surface area contributed by atoms with Crippen LogP contribution in [0.4, 0.5) is 0 Å². The third-order valence-corrected chi connectivity index (χ3v) is 12.3. The normalized spacial score (nSPS) is 14.2. The maximum Gasteiger partial charge on any atom is 0.306 e. The van der Waals surface area contributed by atoms with Crippen LogP contribution < -0.4 is 4.89 Å². The van der Waals surface area contributed by atoms with Crippen LogP contribution in [0.25, 0.3) is 0 Å². The van der Waals surface area contributed by atoms with Crippen molar-refractivity contribution in [3.63, 3.8) is 0 Å². The summed E-state index contributed by atoms with van der Waals surface area (Å²) in [5, 5.41) is 0. The quantitative estimate of drug-likeness (QED) is 0.0195. The van der Waals surface area contributed by atoms with Gasteiger partial charge in [-0.15, -0.1) is 0 Å². The molecule has 0 bridgehead atoms. The van der Waals surface area contributed by atoms with Gasteiger partial charge in [0, 0.05) is 12.8 Å². The van der Waals surface area contributed by atoms with Gasteiger partial charge in [-0.25, -0.2) is 0 Å². The van der Waals surface area contributed by atoms with Crippen molar-refractivity contribution in [3.05, 3.63) is 109 Å². The monoisotopic (exact) mass is 996 g/mol. The van der Waals surface area contributed by atoms with Gasteiger partial charge in [0.2, 0.25) is 0 Å². The molecule has 0 saturated heterocycles. The fourth-order valence-electron chi connectivity index (χ4n) is 7.08. The van der Waals surface area contributed by atoms with Crippen LogP contribution in [0.3, 0.4) is 0 Å². The number of hydrogen-bond acceptors (Lipinski definition) is 8. The van der Waals surface area contributed by atoms with Crippen LogP contribution in [0.5, 0.6) is 0 Å². The summed E-state index contributed by atoms with van der Waals surface area (Å²) in [5.41, 5.74) is 0. The summed E-state index contributed by atoms with van der Waals surface area (Å²) in [6.07, 6.45) is 69.9. The number of nitrogens with zero attached hydrogens (tertiary/aromatic N) is 1. The molecule has 0 amide bonds. The Bertz CT molecular complexity index is 1550. The number of phosphoric ester groups is 1. The van der Waals surface area contributed by atoms with Gasteiger partial charge in [-0.1, -0.05) is 207 Å². The van der Waals surface area contributed by atoms with E-state index in [2.05, 4.69) is 123 Å². The van der Waals surface area contributed by atoms with E-state index in [9.17, 15) is 19.0 Å². The number of carbonyl (C=O) groups excluding carboxylic acids is 2. The van der Waals surface area contributed by atoms with Gasteiger partial charge >= 0.3 is 11.9 Å². The van der Waals surface area contributed by atoms with Crippen LogP contribution in [0.1, 0.15) is 206 Å². The lowest BCUT2D eigenvalue weighted by Gasteiger charge is -2.28. The maximum atomic E-state index is 12.8. The zero-order chi connectivity index (χ0) is 51.3. The van der Waals surface area contributed by atoms with E-state index in [1.54, 1.807) is 0 Å². The van der Waals surface area contributed by atoms with Gasteiger partial charge in [-0.05, 0) is 96.3 Å². The number of esters is 2. The lowest BCUT2D eigenvalue weighted by molar-refractivity contribution is -0.870. The molecule has 0 saturated carbocycles. The Labute approximate surface area is 429 Å². The Morgan fingerprint density at radius 2 is 0.771 bits per heavy atom. The van der Waals surface area contributed by atoms with Gasteiger partial charge < -0.3 is 27.9 Å². The van der Waals surface area contributed by atoms with Crippen molar-refractivity contribution >= 4 is 19.8 Å². The molecule has 0 aromatic heterocycles. The molecule has 0 aliphatic rings. The van der Waals surface area contributed by atoms with Crippen LogP contribution in [-0.4, -0.2) is 70.0 Å². The third kappa shape index (κ3) is 54.0. The van der Waals surface area contributed by atoms with Crippen molar-refractivity contribution in [2.75, 3.05) is 47.5 Å². The average molecular weight is 996 g/mol. The number of quaternary nitrogens is 1. The molecule has 0 radical (unpaired) electrons. The van der Waals surface area contributed by atoms with E-state index >= 15 is 0 Å². The van der Waals surface area contributed by atoms with Gasteiger partial charge in [0.1, 0.15) is 19.8 Å². The molecule has 0 aromatic carbocycles. The molecule has 0 heterocycles. The summed E-state index contributed by atoms with van der Waals surface area (Å²) in [4.78, 5) is 37.8. The van der Waals surface area contributed by atoms with E-state index in [-0.39, 0.29) is 26.1 Å². The molecule has 0 fully saturated rings. The minimum absolute atomic E-state index is 0.0430. The molecule has 9 nitrogen and oxygen atoms in total. The second-order valence-corrected chi connectivity index (χ2v) is 20.6. The number of carbonyl (C=O) groups is 2. The summed E-state index contributed by atoms with van der Waals surface area (Å²) in [6, 6.07) is 0. The van der Waals surface area contributed by atoms with Crippen LogP contribution >= 0.6 is 7.82 Å². The van der Waals surface area contributed by atoms with E-state index in [1.165, 1.54) is 77.0 Å². The molecule has 10 heteroatoms. The molecule has 0 aliphatic carbocycles. The summed E-state index contributed by atoms with van der Waals surface area (Å²) < 4.78 is 34.1. The fraction of sp³-hybridized carbons (Fsp3) is 0.667. The first-order chi connectivity index (χ1) is 34.0. The molecule has 70 heavy (non-hydrogen) atoms. The summed E-state index contributed by atoms with van der Waals surface area (Å²) >= 11 is 0. The molecular formula is C60H102NO8P. The smallest absolute Gasteiger partial charge is 0.306 e. The average Bonchev–Trinajstić information content (AvgIpc) is 3.32. The van der Waals surface area contributed by atoms with Crippen molar-refractivity contribution in [3.8, 4) is 0 Å². The zero-order valence-corrected chi connectivity index (χ0v) is 46.1. The highest BCUT2D eigenvalue weighted by atomic mass is 31.2. The third-order valence-electron chi connectivity index (χ3n) is 11.3. The number of allylic oxidation sites excluding steroid dienone is 18. The Balaban J connectivity index is 4.22. The van der Waals surface area contributed by atoms with E-state index in [0.29, 0.717) is 17.4 Å². The Morgan fingerprint density at radius 1 is 0.443 bits per heavy atom. The number of likely N-dealkylation sites (N-methyl/N-ethyl adjacent to an activating group) is 1. The predicted octanol–water partition coefficient (Wildman–Crippen LogP) is 16.4. The Kier molecular flexibility index (Phi) is 48.2. The Hall–Kier alpha value is -3.33. The minimum Gasteiger partial charge on any atom is -0.756 e. The molecule has 0 spiro atoms. The highest BCUT2D eigenvalue weighted by molar-refractivity contribution is 7.45. The van der Waals surface area contributed by atoms with E-state index in [4.69, 9.17) is 18.5 Å². The van der Waals surface area contributed by atoms with Crippen molar-refractivity contribution in [1.29, 1.82) is 0 Å². The molecule has 400 valence electrons. The lowest BCUT2D eigenvalue weighted by atomic mass is 10.0. The van der Waals surface area contributed by atoms with Crippen molar-refractivity contribution in [2.24, 2.45) is 0 Å². The standard InChI is InChI=1S/C60H102NO8P/c1-6-8-10-12-14-16-18-20-22-24-26-27-28-29-30-31-32-33-35-36-38-40-42-44-46-48-50-52-59(62)66-56-58(57-68-70(64,65)67-55-54-61(3,4)5)69-60(63)53-51-49-47-45-43-41-39-37-34-25-23-21-19-17-15-13-11-9-7-2/h8-11,14-17,20-23,26-27,34,37,41,43,58H,6-7,12-13,18-19,24-25,28-33,35-36,38-40,42,44-57H2,1-5H3/b10-8-,11-9-,16-14-,17-15-,22-20-,23-21-,27-26-,37-34-,43-41-. The SMILES string of the molecule is CC/C=C\C/C=C\C/C=C\C/C=C\C/C=C\CCCCCC(=O)OC(COC(=O)CCCCCCCCCCCCCCCC/C=C\C/C=C\C/C=C\C/C=C\CC)COP(=O)([O-])OCC[N+](C)(C)C. The van der Waals surface area contributed by atoms with Crippen LogP contribution in [-0.2, 0) is 32.7 Å². The zero-order valence-electron chi connectivity index (χ0n) is 45.2. The maximum absolute atomic E-state index is 12.8. The number of hydrogen-bond donors (Lipinski definition) is 0. The molecule has 0 rings (SSSR count). The number of unbranched alkanes of at least 4 members (excludes halogenated alkanes) is 17. The van der Waals surface area contributed by atoms with Crippen molar-refractivity contribution in [1.82, 2.24) is 0 Å². The van der Waals surface area contributed by atoms with E-state index in [0.717, 1.165) is 96.3 Å². The molecule has 0 aliphatic heterocycles. The van der Waals surface area contributed by atoms with Gasteiger partial charge in [-0.3, -0.25) is 14.2 Å². The van der Waals surface area contributed by atoms with Gasteiger partial charge in [0.25, 0.3) is 7.82 Å². The second kappa shape index (κ2) is 50.6. The number of rotatable bonds is 49. The summed E-state index contributed by atoms with van der Waals surface area (Å²) in [7, 11) is 1.13. The first-order valence-electron chi connectivity index (χ1n) is 27.6. The fourth-order valence-corrected chi connectivity index (χ4v) is 7.81. The van der Waals surface area contributed by atoms with Crippen LogP contribution in [0, 0.1) is 0 Å². The van der Waals surface area contributed by atoms with E-state index in [1.807, 2.05) is 21.1 Å². The molecule has 2 unspecified atom stereocenters. The highest BCUT2D eigenvalue weighted by Crippen LogP contribution is 2.38. The summed E-state index contributed by atoms with van der Waals surface area (Å²) in [6.45, 7) is 3.96. The largest absolute Gasteiger partial charge is 0.756 e. The molecule has 0 aromatic rings. The minimum atomic E-state index is -4.65. The van der Waals surface area contributed by atoms with Crippen molar-refractivity contribution < 1.29 is 42.1 Å². The van der Waals surface area contributed by atoms with Gasteiger partial charge in [0.15, 0.2) is 6.10 Å². The van der Waals surface area contributed by atoms with Crippen molar-refractivity contribution in [2.45, 2.75) is 213 Å². The summed E-state index contributed by atoms with van der Waals surface area (Å²) in [5.74, 6) is -0.877. The second-order valence-electron chi connectivity index (χ2n) is 19.2. The Morgan fingerprint density at radius 3 is 1.16 bits per heavy atom. The number of ether oxygens (including phenoxy) is 2. The molecule has 2 atom stereocenters. The predicted molar refractivity (Wildman–Crippen MR) is 295 cm³/mol. The lowest BCUT2D eigenvalue weighted by Crippen LogP contribution is -2.37. The van der Waals surface area contributed by atoms with Crippen LogP contribution in [0.15, 0.2) is 109 Å². The molecule has 0 N–H and O–H groups in total. The molecular weight excluding hydrogens is 894 g/mol. The topological polar surface area (TPSA) is 111 Å². The number of phosphoric acid groups is 1. The van der Waals surface area contributed by atoms with Gasteiger partial charge in [0.05, 0.1) is 27.7 Å². The first-order valence-corrected chi connectivity index (χ1v) is 29.1.